The Morgan fingerprint density at radius 3 is 2.28 bits per heavy atom. The second kappa shape index (κ2) is 5.85. The molecule has 0 amide bonds. The van der Waals surface area contributed by atoms with Gasteiger partial charge in [0.05, 0.1) is 5.56 Å². The maximum Gasteiger partial charge on any atom is 0.335 e. The summed E-state index contributed by atoms with van der Waals surface area (Å²) < 4.78 is 0. The number of allylic oxidation sites excluding steroid dienone is 2. The fourth-order valence-corrected chi connectivity index (χ4v) is 2.82. The monoisotopic (exact) mass is 244 g/mol. The van der Waals surface area contributed by atoms with Crippen molar-refractivity contribution in [3.8, 4) is 0 Å². The van der Waals surface area contributed by atoms with Gasteiger partial charge in [-0.25, -0.2) is 4.79 Å². The Morgan fingerprint density at radius 2 is 1.78 bits per heavy atom. The molecule has 0 heterocycles. The van der Waals surface area contributed by atoms with Crippen molar-refractivity contribution in [1.82, 2.24) is 0 Å². The molecule has 0 bridgehead atoms. The molecule has 1 fully saturated rings. The summed E-state index contributed by atoms with van der Waals surface area (Å²) in [4.78, 5) is 10.8. The maximum atomic E-state index is 10.8. The van der Waals surface area contributed by atoms with Gasteiger partial charge in [0, 0.05) is 0 Å². The number of hydrogen-bond donors (Lipinski definition) is 1. The number of aromatic carboxylic acids is 1. The minimum atomic E-state index is -0.849. The lowest BCUT2D eigenvalue weighted by molar-refractivity contribution is 0.0697. The number of carboxylic acid groups (broad SMARTS) is 1. The molecule has 2 heteroatoms. The van der Waals surface area contributed by atoms with Crippen LogP contribution in [0.15, 0.2) is 36.4 Å². The normalized spacial score (nSPS) is 24.3. The second-order valence-corrected chi connectivity index (χ2v) is 5.06. The highest BCUT2D eigenvalue weighted by Crippen LogP contribution is 2.36. The van der Waals surface area contributed by atoms with Crippen LogP contribution < -0.4 is 0 Å². The minimum Gasteiger partial charge on any atom is -0.478 e. The van der Waals surface area contributed by atoms with Crippen LogP contribution in [0.2, 0.25) is 0 Å². The third-order valence-electron chi connectivity index (χ3n) is 3.87. The molecule has 18 heavy (non-hydrogen) atoms. The molecule has 0 spiro atoms. The summed E-state index contributed by atoms with van der Waals surface area (Å²) in [5.74, 6) is 0.497. The van der Waals surface area contributed by atoms with Gasteiger partial charge in [-0.3, -0.25) is 0 Å². The first-order valence-electron chi connectivity index (χ1n) is 6.66. The van der Waals surface area contributed by atoms with Crippen molar-refractivity contribution in [3.05, 3.63) is 47.5 Å². The lowest BCUT2D eigenvalue weighted by Gasteiger charge is -2.27. The summed E-state index contributed by atoms with van der Waals surface area (Å²) in [6.07, 6.45) is 9.37. The molecule has 2 rings (SSSR count). The highest BCUT2D eigenvalue weighted by molar-refractivity contribution is 5.87. The van der Waals surface area contributed by atoms with E-state index in [1.165, 1.54) is 31.2 Å². The van der Waals surface area contributed by atoms with Gasteiger partial charge in [-0.05, 0) is 62.1 Å². The average molecular weight is 244 g/mol. The Bertz CT molecular complexity index is 423. The Morgan fingerprint density at radius 1 is 1.17 bits per heavy atom. The van der Waals surface area contributed by atoms with E-state index in [4.69, 9.17) is 5.11 Å². The zero-order valence-corrected chi connectivity index (χ0v) is 10.8. The lowest BCUT2D eigenvalue weighted by Crippen LogP contribution is -2.11. The smallest absolute Gasteiger partial charge is 0.335 e. The summed E-state index contributed by atoms with van der Waals surface area (Å²) >= 11 is 0. The molecule has 2 nitrogen and oxygen atoms in total. The number of carbonyl (C=O) groups is 1. The average Bonchev–Trinajstić information content (AvgIpc) is 2.40. The van der Waals surface area contributed by atoms with Crippen LogP contribution in [0.5, 0.6) is 0 Å². The van der Waals surface area contributed by atoms with Gasteiger partial charge in [0.25, 0.3) is 0 Å². The van der Waals surface area contributed by atoms with Crippen molar-refractivity contribution in [2.24, 2.45) is 5.92 Å². The largest absolute Gasteiger partial charge is 0.478 e. The molecule has 1 aromatic carbocycles. The van der Waals surface area contributed by atoms with E-state index >= 15 is 0 Å². The van der Waals surface area contributed by atoms with E-state index in [9.17, 15) is 4.79 Å². The molecule has 0 radical (unpaired) electrons. The van der Waals surface area contributed by atoms with Gasteiger partial charge < -0.3 is 5.11 Å². The Hall–Kier alpha value is -1.57. The molecule has 1 aromatic rings. The summed E-state index contributed by atoms with van der Waals surface area (Å²) in [5, 5.41) is 8.87. The number of rotatable bonds is 3. The van der Waals surface area contributed by atoms with Gasteiger partial charge in [0.1, 0.15) is 0 Å². The lowest BCUT2D eigenvalue weighted by atomic mass is 9.78. The molecular formula is C16H20O2. The first-order chi connectivity index (χ1) is 8.70. The standard InChI is InChI=1S/C16H20O2/c1-2-3-12-4-6-13(7-5-12)14-8-10-15(11-9-14)16(17)18/h2-3,8-13H,4-7H2,1H3,(H,17,18)/t12-,13-. The predicted molar refractivity (Wildman–Crippen MR) is 72.9 cm³/mol. The van der Waals surface area contributed by atoms with Crippen molar-refractivity contribution < 1.29 is 9.90 Å². The van der Waals surface area contributed by atoms with Gasteiger partial charge >= 0.3 is 5.97 Å². The molecule has 0 atom stereocenters. The van der Waals surface area contributed by atoms with Crippen molar-refractivity contribution in [2.75, 3.05) is 0 Å². The molecule has 0 saturated heterocycles. The van der Waals surface area contributed by atoms with E-state index in [0.717, 1.165) is 5.92 Å². The van der Waals surface area contributed by atoms with E-state index in [1.54, 1.807) is 12.1 Å². The molecule has 0 aliphatic heterocycles. The van der Waals surface area contributed by atoms with E-state index in [2.05, 4.69) is 19.1 Å². The summed E-state index contributed by atoms with van der Waals surface area (Å²) in [6.45, 7) is 2.08. The number of benzene rings is 1. The van der Waals surface area contributed by atoms with Crippen LogP contribution in [0, 0.1) is 5.92 Å². The Kier molecular flexibility index (Phi) is 4.19. The Labute approximate surface area is 108 Å². The summed E-state index contributed by atoms with van der Waals surface area (Å²) in [6, 6.07) is 7.39. The minimum absolute atomic E-state index is 0.376. The van der Waals surface area contributed by atoms with Gasteiger partial charge in [-0.2, -0.15) is 0 Å². The third kappa shape index (κ3) is 3.00. The molecule has 0 unspecified atom stereocenters. The zero-order valence-electron chi connectivity index (χ0n) is 10.8. The fraction of sp³-hybridized carbons (Fsp3) is 0.438. The van der Waals surface area contributed by atoms with Gasteiger partial charge in [-0.15, -0.1) is 0 Å². The topological polar surface area (TPSA) is 37.3 Å². The first-order valence-corrected chi connectivity index (χ1v) is 6.66. The van der Waals surface area contributed by atoms with Crippen molar-refractivity contribution >= 4 is 5.97 Å². The highest BCUT2D eigenvalue weighted by atomic mass is 16.4. The predicted octanol–water partition coefficient (Wildman–Crippen LogP) is 4.23. The van der Waals surface area contributed by atoms with Crippen molar-refractivity contribution in [3.63, 3.8) is 0 Å². The van der Waals surface area contributed by atoms with Crippen LogP contribution in [0.4, 0.5) is 0 Å². The second-order valence-electron chi connectivity index (χ2n) is 5.06. The molecule has 0 aromatic heterocycles. The number of carboxylic acids is 1. The fourth-order valence-electron chi connectivity index (χ4n) is 2.82. The highest BCUT2D eigenvalue weighted by Gasteiger charge is 2.20. The SMILES string of the molecule is CC=C[C@H]1CC[C@H](c2ccc(C(=O)O)cc2)CC1. The quantitative estimate of drug-likeness (QED) is 0.808. The van der Waals surface area contributed by atoms with Gasteiger partial charge in [0.15, 0.2) is 0 Å². The van der Waals surface area contributed by atoms with Gasteiger partial charge in [-0.1, -0.05) is 24.3 Å². The van der Waals surface area contributed by atoms with Crippen LogP contribution in [0.3, 0.4) is 0 Å². The van der Waals surface area contributed by atoms with E-state index in [1.807, 2.05) is 12.1 Å². The summed E-state index contributed by atoms with van der Waals surface area (Å²) in [7, 11) is 0. The molecule has 1 saturated carbocycles. The molecule has 1 aliphatic rings. The molecule has 1 aliphatic carbocycles. The molecule has 1 N–H and O–H groups in total. The zero-order chi connectivity index (χ0) is 13.0. The maximum absolute atomic E-state index is 10.8. The van der Waals surface area contributed by atoms with E-state index in [0.29, 0.717) is 11.5 Å². The molecular weight excluding hydrogens is 224 g/mol. The Balaban J connectivity index is 1.99. The van der Waals surface area contributed by atoms with E-state index in [-0.39, 0.29) is 0 Å². The van der Waals surface area contributed by atoms with Crippen LogP contribution >= 0.6 is 0 Å². The first kappa shape index (κ1) is 12.9. The molecule has 96 valence electrons. The van der Waals surface area contributed by atoms with Crippen LogP contribution in [-0.4, -0.2) is 11.1 Å². The number of hydrogen-bond acceptors (Lipinski definition) is 1. The van der Waals surface area contributed by atoms with E-state index < -0.39 is 5.97 Å². The van der Waals surface area contributed by atoms with Crippen LogP contribution in [0.25, 0.3) is 0 Å². The third-order valence-corrected chi connectivity index (χ3v) is 3.87. The van der Waals surface area contributed by atoms with Crippen LogP contribution in [-0.2, 0) is 0 Å². The van der Waals surface area contributed by atoms with Crippen molar-refractivity contribution in [1.29, 1.82) is 0 Å². The van der Waals surface area contributed by atoms with Gasteiger partial charge in [0.2, 0.25) is 0 Å². The van der Waals surface area contributed by atoms with Crippen LogP contribution in [0.1, 0.15) is 54.4 Å². The van der Waals surface area contributed by atoms with Crippen molar-refractivity contribution in [2.45, 2.75) is 38.5 Å². The summed E-state index contributed by atoms with van der Waals surface area (Å²) in [5.41, 5.74) is 1.67.